The quantitative estimate of drug-likeness (QED) is 0.588. The standard InChI is InChI=1S/C12H9BrN2O3/c13-11-8(4-2-6-14-11)15-12(18)7-3-1-5-9(16)10(7)17/h1-6,16-17H,(H,15,18). The van der Waals surface area contributed by atoms with Crippen molar-refractivity contribution in [3.63, 3.8) is 0 Å². The van der Waals surface area contributed by atoms with Gasteiger partial charge in [0.1, 0.15) is 4.60 Å². The number of benzene rings is 1. The molecule has 0 aliphatic rings. The molecule has 1 aromatic heterocycles. The van der Waals surface area contributed by atoms with E-state index in [1.54, 1.807) is 18.3 Å². The van der Waals surface area contributed by atoms with Crippen molar-refractivity contribution in [2.24, 2.45) is 0 Å². The third-order valence-corrected chi connectivity index (χ3v) is 2.90. The number of aromatic hydroxyl groups is 2. The number of nitrogens with one attached hydrogen (secondary N) is 1. The van der Waals surface area contributed by atoms with Gasteiger partial charge in [0.15, 0.2) is 11.5 Å². The van der Waals surface area contributed by atoms with E-state index in [9.17, 15) is 15.0 Å². The molecule has 0 spiro atoms. The molecule has 2 aromatic rings. The van der Waals surface area contributed by atoms with E-state index >= 15 is 0 Å². The number of phenols is 2. The molecule has 1 amide bonds. The highest BCUT2D eigenvalue weighted by Gasteiger charge is 2.14. The van der Waals surface area contributed by atoms with E-state index in [2.05, 4.69) is 26.2 Å². The van der Waals surface area contributed by atoms with Crippen molar-refractivity contribution < 1.29 is 15.0 Å². The second-order valence-corrected chi connectivity index (χ2v) is 4.22. The second-order valence-electron chi connectivity index (χ2n) is 3.47. The first kappa shape index (κ1) is 12.4. The van der Waals surface area contributed by atoms with Gasteiger partial charge >= 0.3 is 0 Å². The van der Waals surface area contributed by atoms with Crippen molar-refractivity contribution in [2.45, 2.75) is 0 Å². The van der Waals surface area contributed by atoms with Crippen LogP contribution in [0.4, 0.5) is 5.69 Å². The molecular weight excluding hydrogens is 300 g/mol. The topological polar surface area (TPSA) is 82.5 Å². The minimum absolute atomic E-state index is 0.00856. The second kappa shape index (κ2) is 5.05. The fourth-order valence-electron chi connectivity index (χ4n) is 1.38. The fourth-order valence-corrected chi connectivity index (χ4v) is 1.73. The summed E-state index contributed by atoms with van der Waals surface area (Å²) >= 11 is 3.19. The molecule has 3 N–H and O–H groups in total. The molecule has 0 atom stereocenters. The van der Waals surface area contributed by atoms with Gasteiger partial charge < -0.3 is 15.5 Å². The Labute approximate surface area is 111 Å². The summed E-state index contributed by atoms with van der Waals surface area (Å²) in [6.45, 7) is 0. The monoisotopic (exact) mass is 308 g/mol. The molecule has 6 heteroatoms. The van der Waals surface area contributed by atoms with Crippen LogP contribution in [-0.2, 0) is 0 Å². The van der Waals surface area contributed by atoms with Crippen LogP contribution >= 0.6 is 15.9 Å². The Bertz CT molecular complexity index is 602. The van der Waals surface area contributed by atoms with E-state index in [1.807, 2.05) is 0 Å². The minimum atomic E-state index is -0.530. The number of halogens is 1. The summed E-state index contributed by atoms with van der Waals surface area (Å²) in [5.41, 5.74) is 0.469. The van der Waals surface area contributed by atoms with Crippen molar-refractivity contribution >= 4 is 27.5 Å². The molecule has 0 radical (unpaired) electrons. The van der Waals surface area contributed by atoms with Crippen LogP contribution in [0.3, 0.4) is 0 Å². The Balaban J connectivity index is 2.28. The van der Waals surface area contributed by atoms with E-state index in [0.717, 1.165) is 0 Å². The van der Waals surface area contributed by atoms with E-state index in [4.69, 9.17) is 0 Å². The Morgan fingerprint density at radius 2 is 2.00 bits per heavy atom. The van der Waals surface area contributed by atoms with Gasteiger partial charge in [-0.3, -0.25) is 4.79 Å². The number of anilines is 1. The van der Waals surface area contributed by atoms with Crippen LogP contribution in [0.25, 0.3) is 0 Å². The molecular formula is C12H9BrN2O3. The fraction of sp³-hybridized carbons (Fsp3) is 0. The van der Waals surface area contributed by atoms with E-state index < -0.39 is 11.7 Å². The van der Waals surface area contributed by atoms with Crippen molar-refractivity contribution in [2.75, 3.05) is 5.32 Å². The largest absolute Gasteiger partial charge is 0.504 e. The molecule has 0 saturated carbocycles. The van der Waals surface area contributed by atoms with Crippen LogP contribution in [0.2, 0.25) is 0 Å². The Morgan fingerprint density at radius 3 is 2.72 bits per heavy atom. The number of para-hydroxylation sites is 1. The minimum Gasteiger partial charge on any atom is -0.504 e. The molecule has 1 aromatic carbocycles. The van der Waals surface area contributed by atoms with Gasteiger partial charge in [-0.15, -0.1) is 0 Å². The number of nitrogens with zero attached hydrogens (tertiary/aromatic N) is 1. The summed E-state index contributed by atoms with van der Waals surface area (Å²) in [4.78, 5) is 15.9. The molecule has 0 aliphatic heterocycles. The zero-order valence-corrected chi connectivity index (χ0v) is 10.7. The van der Waals surface area contributed by atoms with E-state index in [1.165, 1.54) is 18.2 Å². The molecule has 92 valence electrons. The lowest BCUT2D eigenvalue weighted by Gasteiger charge is -2.08. The molecule has 0 unspecified atom stereocenters. The van der Waals surface area contributed by atoms with Crippen molar-refractivity contribution in [3.8, 4) is 11.5 Å². The summed E-state index contributed by atoms with van der Waals surface area (Å²) in [6, 6.07) is 7.51. The lowest BCUT2D eigenvalue weighted by molar-refractivity contribution is 0.102. The third kappa shape index (κ3) is 2.43. The first-order valence-corrected chi connectivity index (χ1v) is 5.81. The summed E-state index contributed by atoms with van der Waals surface area (Å²) < 4.78 is 0.484. The number of aromatic nitrogens is 1. The smallest absolute Gasteiger partial charge is 0.259 e. The Morgan fingerprint density at radius 1 is 1.22 bits per heavy atom. The van der Waals surface area contributed by atoms with Crippen LogP contribution in [0.1, 0.15) is 10.4 Å². The first-order chi connectivity index (χ1) is 8.59. The van der Waals surface area contributed by atoms with Crippen molar-refractivity contribution in [1.29, 1.82) is 0 Å². The van der Waals surface area contributed by atoms with Crippen LogP contribution in [0.5, 0.6) is 11.5 Å². The molecule has 0 fully saturated rings. The average Bonchev–Trinajstić information content (AvgIpc) is 2.35. The molecule has 0 saturated heterocycles. The predicted molar refractivity (Wildman–Crippen MR) is 69.7 cm³/mol. The van der Waals surface area contributed by atoms with Gasteiger partial charge in [0, 0.05) is 6.20 Å². The zero-order valence-electron chi connectivity index (χ0n) is 9.09. The maximum atomic E-state index is 11.9. The van der Waals surface area contributed by atoms with Crippen LogP contribution in [0.15, 0.2) is 41.1 Å². The number of carbonyl (C=O) groups is 1. The predicted octanol–water partition coefficient (Wildman–Crippen LogP) is 2.51. The molecule has 5 nitrogen and oxygen atoms in total. The van der Waals surface area contributed by atoms with E-state index in [-0.39, 0.29) is 11.3 Å². The normalized spacial score (nSPS) is 10.1. The molecule has 0 bridgehead atoms. The van der Waals surface area contributed by atoms with Gasteiger partial charge in [-0.05, 0) is 40.2 Å². The number of amides is 1. The third-order valence-electron chi connectivity index (χ3n) is 2.27. The molecule has 1 heterocycles. The maximum Gasteiger partial charge on any atom is 0.259 e. The number of carbonyl (C=O) groups excluding carboxylic acids is 1. The lowest BCUT2D eigenvalue weighted by atomic mass is 10.1. The van der Waals surface area contributed by atoms with Crippen LogP contribution < -0.4 is 5.32 Å². The highest BCUT2D eigenvalue weighted by atomic mass is 79.9. The van der Waals surface area contributed by atoms with E-state index in [0.29, 0.717) is 10.3 Å². The van der Waals surface area contributed by atoms with Gasteiger partial charge in [0.25, 0.3) is 5.91 Å². The Hall–Kier alpha value is -2.08. The summed E-state index contributed by atoms with van der Waals surface area (Å²) in [7, 11) is 0. The number of rotatable bonds is 2. The molecule has 2 rings (SSSR count). The van der Waals surface area contributed by atoms with Gasteiger partial charge in [-0.25, -0.2) is 4.98 Å². The van der Waals surface area contributed by atoms with Gasteiger partial charge in [0.05, 0.1) is 11.3 Å². The average molecular weight is 309 g/mol. The van der Waals surface area contributed by atoms with Gasteiger partial charge in [-0.1, -0.05) is 6.07 Å². The first-order valence-electron chi connectivity index (χ1n) is 5.02. The van der Waals surface area contributed by atoms with Crippen molar-refractivity contribution in [1.82, 2.24) is 4.98 Å². The highest BCUT2D eigenvalue weighted by Crippen LogP contribution is 2.29. The molecule has 0 aliphatic carbocycles. The van der Waals surface area contributed by atoms with Gasteiger partial charge in [0.2, 0.25) is 0 Å². The number of phenolic OH excluding ortho intramolecular Hbond substituents is 2. The molecule has 18 heavy (non-hydrogen) atoms. The summed E-state index contributed by atoms with van der Waals surface area (Å²) in [5, 5.41) is 21.5. The van der Waals surface area contributed by atoms with Gasteiger partial charge in [-0.2, -0.15) is 0 Å². The van der Waals surface area contributed by atoms with Crippen LogP contribution in [0, 0.1) is 0 Å². The van der Waals surface area contributed by atoms with Crippen molar-refractivity contribution in [3.05, 3.63) is 46.7 Å². The zero-order chi connectivity index (χ0) is 13.1. The number of hydrogen-bond acceptors (Lipinski definition) is 4. The van der Waals surface area contributed by atoms with Crippen LogP contribution in [-0.4, -0.2) is 21.1 Å². The number of hydrogen-bond donors (Lipinski definition) is 3. The number of pyridine rings is 1. The lowest BCUT2D eigenvalue weighted by Crippen LogP contribution is -2.12. The summed E-state index contributed by atoms with van der Waals surface area (Å²) in [5.74, 6) is -1.32. The summed E-state index contributed by atoms with van der Waals surface area (Å²) in [6.07, 6.45) is 1.57. The maximum absolute atomic E-state index is 11.9. The SMILES string of the molecule is O=C(Nc1cccnc1Br)c1cccc(O)c1O. The highest BCUT2D eigenvalue weighted by molar-refractivity contribution is 9.10. The Kier molecular flexibility index (Phi) is 3.47.